The van der Waals surface area contributed by atoms with E-state index >= 15 is 0 Å². The Kier molecular flexibility index (Phi) is 37.6. The van der Waals surface area contributed by atoms with Gasteiger partial charge in [0.25, 0.3) is 0 Å². The smallest absolute Gasteiger partial charge is 0.306 e. The number of hydrogen-bond donors (Lipinski definition) is 1. The lowest BCUT2D eigenvalue weighted by Crippen LogP contribution is -2.27. The Morgan fingerprint density at radius 1 is 0.523 bits per heavy atom. The quantitative estimate of drug-likeness (QED) is 0.0425. The van der Waals surface area contributed by atoms with Gasteiger partial charge in [0, 0.05) is 13.0 Å². The number of esters is 1. The van der Waals surface area contributed by atoms with Gasteiger partial charge in [0.2, 0.25) is 0 Å². The van der Waals surface area contributed by atoms with Gasteiger partial charge in [-0.1, -0.05) is 187 Å². The average Bonchev–Trinajstić information content (AvgIpc) is 3.03. The summed E-state index contributed by atoms with van der Waals surface area (Å²) in [5.41, 5.74) is 0. The van der Waals surface area contributed by atoms with E-state index in [9.17, 15) is 9.90 Å². The Labute approximate surface area is 275 Å². The molecular weight excluding hydrogens is 544 g/mol. The Hall–Kier alpha value is -0.870. The van der Waals surface area contributed by atoms with Crippen molar-refractivity contribution >= 4 is 5.97 Å². The summed E-state index contributed by atoms with van der Waals surface area (Å²) in [6.45, 7) is 5.31. The van der Waals surface area contributed by atoms with Crippen LogP contribution in [-0.2, 0) is 14.3 Å². The topological polar surface area (TPSA) is 55.8 Å². The molecule has 4 heteroatoms. The van der Waals surface area contributed by atoms with E-state index in [1.54, 1.807) is 0 Å². The van der Waals surface area contributed by atoms with Crippen LogP contribution in [0.2, 0.25) is 0 Å². The number of carbonyl (C=O) groups is 1. The standard InChI is InChI=1S/C40H78O4/c1-3-5-7-9-11-13-15-16-17-18-19-20-21-22-23-24-25-27-29-31-33-35-40(42)44-39(37-41)38-43-36-34-32-30-28-26-14-12-10-8-6-4-2/h8,10,39,41H,3-7,9,11-38H2,1-2H3/b10-8-. The molecule has 0 spiro atoms. The minimum Gasteiger partial charge on any atom is -0.457 e. The Morgan fingerprint density at radius 3 is 1.39 bits per heavy atom. The molecule has 0 aromatic rings. The molecule has 0 saturated carbocycles. The predicted octanol–water partition coefficient (Wildman–Crippen LogP) is 12.6. The number of hydrogen-bond acceptors (Lipinski definition) is 4. The highest BCUT2D eigenvalue weighted by molar-refractivity contribution is 5.69. The largest absolute Gasteiger partial charge is 0.457 e. The molecule has 0 rings (SSSR count). The lowest BCUT2D eigenvalue weighted by atomic mass is 10.0. The van der Waals surface area contributed by atoms with Gasteiger partial charge in [-0.25, -0.2) is 0 Å². The lowest BCUT2D eigenvalue weighted by Gasteiger charge is -2.15. The molecule has 0 aliphatic heterocycles. The molecule has 0 fully saturated rings. The highest BCUT2D eigenvalue weighted by Crippen LogP contribution is 2.15. The van der Waals surface area contributed by atoms with Crippen LogP contribution >= 0.6 is 0 Å². The summed E-state index contributed by atoms with van der Waals surface area (Å²) >= 11 is 0. The van der Waals surface area contributed by atoms with Crippen molar-refractivity contribution < 1.29 is 19.4 Å². The van der Waals surface area contributed by atoms with E-state index in [0.29, 0.717) is 19.6 Å². The highest BCUT2D eigenvalue weighted by atomic mass is 16.6. The molecular formula is C40H78O4. The van der Waals surface area contributed by atoms with Crippen molar-refractivity contribution in [3.05, 3.63) is 12.2 Å². The molecule has 4 nitrogen and oxygen atoms in total. The fourth-order valence-corrected chi connectivity index (χ4v) is 5.86. The first-order valence-electron chi connectivity index (χ1n) is 19.8. The first-order chi connectivity index (χ1) is 21.7. The molecule has 44 heavy (non-hydrogen) atoms. The van der Waals surface area contributed by atoms with Crippen molar-refractivity contribution in [3.63, 3.8) is 0 Å². The van der Waals surface area contributed by atoms with Crippen molar-refractivity contribution in [2.75, 3.05) is 19.8 Å². The van der Waals surface area contributed by atoms with Gasteiger partial charge in [-0.3, -0.25) is 4.79 Å². The van der Waals surface area contributed by atoms with Crippen LogP contribution in [0.4, 0.5) is 0 Å². The maximum atomic E-state index is 12.2. The van der Waals surface area contributed by atoms with Crippen molar-refractivity contribution in [1.82, 2.24) is 0 Å². The van der Waals surface area contributed by atoms with Crippen molar-refractivity contribution in [2.24, 2.45) is 0 Å². The number of rotatable bonds is 37. The average molecular weight is 623 g/mol. The third kappa shape index (κ3) is 35.6. The fraction of sp³-hybridized carbons (Fsp3) is 0.925. The van der Waals surface area contributed by atoms with E-state index in [2.05, 4.69) is 26.0 Å². The number of allylic oxidation sites excluding steroid dienone is 2. The molecule has 0 aromatic carbocycles. The van der Waals surface area contributed by atoms with E-state index in [1.165, 1.54) is 173 Å². The van der Waals surface area contributed by atoms with Gasteiger partial charge in [-0.2, -0.15) is 0 Å². The molecule has 0 heterocycles. The Balaban J connectivity index is 3.36. The van der Waals surface area contributed by atoms with E-state index in [4.69, 9.17) is 9.47 Å². The second-order valence-electron chi connectivity index (χ2n) is 13.4. The molecule has 0 aromatic heterocycles. The molecule has 0 aliphatic carbocycles. The van der Waals surface area contributed by atoms with Crippen LogP contribution in [0.5, 0.6) is 0 Å². The summed E-state index contributed by atoms with van der Waals surface area (Å²) < 4.78 is 11.1. The summed E-state index contributed by atoms with van der Waals surface area (Å²) in [5, 5.41) is 9.55. The van der Waals surface area contributed by atoms with E-state index < -0.39 is 6.10 Å². The molecule has 1 N–H and O–H groups in total. The Bertz CT molecular complexity index is 576. The SMILES string of the molecule is CCC/C=C\CCCCCCCCOCC(CO)OC(=O)CCCCCCCCCCCCCCCCCCCCCCC. The fourth-order valence-electron chi connectivity index (χ4n) is 5.86. The van der Waals surface area contributed by atoms with Crippen LogP contribution in [0.25, 0.3) is 0 Å². The molecule has 0 amide bonds. The summed E-state index contributed by atoms with van der Waals surface area (Å²) in [4.78, 5) is 12.2. The lowest BCUT2D eigenvalue weighted by molar-refractivity contribution is -0.154. The minimum absolute atomic E-state index is 0.169. The molecule has 262 valence electrons. The second-order valence-corrected chi connectivity index (χ2v) is 13.4. The molecule has 1 unspecified atom stereocenters. The van der Waals surface area contributed by atoms with Gasteiger partial charge in [-0.15, -0.1) is 0 Å². The summed E-state index contributed by atoms with van der Waals surface area (Å²) in [6.07, 6.45) is 44.1. The molecule has 0 radical (unpaired) electrons. The van der Waals surface area contributed by atoms with Gasteiger partial charge in [0.1, 0.15) is 6.10 Å². The third-order valence-electron chi connectivity index (χ3n) is 8.82. The van der Waals surface area contributed by atoms with Gasteiger partial charge in [0.05, 0.1) is 13.2 Å². The highest BCUT2D eigenvalue weighted by Gasteiger charge is 2.13. The normalized spacial score (nSPS) is 12.3. The van der Waals surface area contributed by atoms with E-state index in [1.807, 2.05) is 0 Å². The summed E-state index contributed by atoms with van der Waals surface area (Å²) in [6, 6.07) is 0. The number of carbonyl (C=O) groups excluding carboxylic acids is 1. The zero-order chi connectivity index (χ0) is 32.0. The molecule has 0 saturated heterocycles. The Morgan fingerprint density at radius 2 is 0.932 bits per heavy atom. The zero-order valence-corrected chi connectivity index (χ0v) is 29.9. The summed E-state index contributed by atoms with van der Waals surface area (Å²) in [5.74, 6) is -0.199. The minimum atomic E-state index is -0.529. The van der Waals surface area contributed by atoms with Gasteiger partial charge in [-0.05, 0) is 32.1 Å². The van der Waals surface area contributed by atoms with Crippen LogP contribution in [0.1, 0.15) is 213 Å². The van der Waals surface area contributed by atoms with Crippen LogP contribution in [0, 0.1) is 0 Å². The van der Waals surface area contributed by atoms with Crippen molar-refractivity contribution in [1.29, 1.82) is 0 Å². The number of aliphatic hydroxyl groups excluding tert-OH is 1. The van der Waals surface area contributed by atoms with Crippen LogP contribution in [0.3, 0.4) is 0 Å². The molecule has 1 atom stereocenters. The molecule has 0 bridgehead atoms. The van der Waals surface area contributed by atoms with E-state index in [-0.39, 0.29) is 12.6 Å². The van der Waals surface area contributed by atoms with Crippen LogP contribution in [0.15, 0.2) is 12.2 Å². The number of unbranched alkanes of at least 4 members (excludes halogenated alkanes) is 27. The molecule has 0 aliphatic rings. The van der Waals surface area contributed by atoms with Gasteiger partial charge >= 0.3 is 5.97 Å². The first-order valence-corrected chi connectivity index (χ1v) is 19.8. The number of aliphatic hydroxyl groups is 1. The van der Waals surface area contributed by atoms with Crippen LogP contribution in [-0.4, -0.2) is 37.0 Å². The van der Waals surface area contributed by atoms with E-state index in [0.717, 1.165) is 19.3 Å². The maximum Gasteiger partial charge on any atom is 0.306 e. The third-order valence-corrected chi connectivity index (χ3v) is 8.82. The zero-order valence-electron chi connectivity index (χ0n) is 29.9. The monoisotopic (exact) mass is 623 g/mol. The second kappa shape index (κ2) is 38.3. The first kappa shape index (κ1) is 43.1. The van der Waals surface area contributed by atoms with Gasteiger partial charge < -0.3 is 14.6 Å². The van der Waals surface area contributed by atoms with Crippen molar-refractivity contribution in [2.45, 2.75) is 219 Å². The number of ether oxygens (including phenoxy) is 2. The maximum absolute atomic E-state index is 12.2. The van der Waals surface area contributed by atoms with Crippen molar-refractivity contribution in [3.8, 4) is 0 Å². The summed E-state index contributed by atoms with van der Waals surface area (Å²) in [7, 11) is 0. The predicted molar refractivity (Wildman–Crippen MR) is 191 cm³/mol. The van der Waals surface area contributed by atoms with Crippen LogP contribution < -0.4 is 0 Å². The van der Waals surface area contributed by atoms with Gasteiger partial charge in [0.15, 0.2) is 0 Å².